The Hall–Kier alpha value is -0.890. The minimum atomic E-state index is -3.22. The molecule has 1 saturated carbocycles. The van der Waals surface area contributed by atoms with E-state index in [2.05, 4.69) is 14.6 Å². The minimum absolute atomic E-state index is 0. The molecule has 0 aromatic carbocycles. The molecule has 2 aliphatic rings. The van der Waals surface area contributed by atoms with Crippen LogP contribution in [0.1, 0.15) is 44.2 Å². The van der Waals surface area contributed by atoms with Gasteiger partial charge in [0.2, 0.25) is 10.0 Å². The number of aryl methyl sites for hydroxylation is 1. The maximum absolute atomic E-state index is 12.0. The highest BCUT2D eigenvalue weighted by molar-refractivity contribution is 7.93. The molecule has 24 heavy (non-hydrogen) atoms. The standard InChI is InChI=1S/C16H26N4O2S.ClH/c17-16(20-10-2-1-3-11-20)7-4-13-12-14(8-9-18-13)19-23(21,22)15-5-6-15;/h8-9,12,15-16H,1-7,10-11,17H2,(H,18,19);1H/t16-;/m0./s1. The number of rotatable bonds is 7. The highest BCUT2D eigenvalue weighted by atomic mass is 35.5. The Morgan fingerprint density at radius 2 is 2.00 bits per heavy atom. The zero-order chi connectivity index (χ0) is 16.3. The number of nitrogens with one attached hydrogen (secondary N) is 1. The van der Waals surface area contributed by atoms with Crippen LogP contribution < -0.4 is 10.5 Å². The van der Waals surface area contributed by atoms with Crippen LogP contribution in [0.2, 0.25) is 0 Å². The van der Waals surface area contributed by atoms with Crippen molar-refractivity contribution >= 4 is 28.1 Å². The first-order valence-corrected chi connectivity index (χ1v) is 10.1. The average molecular weight is 375 g/mol. The molecule has 0 bridgehead atoms. The zero-order valence-corrected chi connectivity index (χ0v) is 15.5. The molecule has 2 heterocycles. The van der Waals surface area contributed by atoms with E-state index in [1.807, 2.05) is 6.07 Å². The van der Waals surface area contributed by atoms with Gasteiger partial charge in [0.15, 0.2) is 0 Å². The lowest BCUT2D eigenvalue weighted by molar-refractivity contribution is 0.158. The van der Waals surface area contributed by atoms with Crippen LogP contribution in [0.5, 0.6) is 0 Å². The van der Waals surface area contributed by atoms with Gasteiger partial charge in [-0.2, -0.15) is 0 Å². The van der Waals surface area contributed by atoms with Gasteiger partial charge in [0, 0.05) is 11.9 Å². The quantitative estimate of drug-likeness (QED) is 0.763. The predicted molar refractivity (Wildman–Crippen MR) is 98.8 cm³/mol. The molecule has 1 atom stereocenters. The molecule has 0 unspecified atom stereocenters. The number of nitrogens with zero attached hydrogens (tertiary/aromatic N) is 2. The second-order valence-corrected chi connectivity index (χ2v) is 8.55. The fraction of sp³-hybridized carbons (Fsp3) is 0.688. The first kappa shape index (κ1) is 19.4. The number of anilines is 1. The first-order valence-electron chi connectivity index (χ1n) is 8.51. The van der Waals surface area contributed by atoms with Crippen molar-refractivity contribution in [3.63, 3.8) is 0 Å². The normalized spacial score (nSPS) is 20.2. The molecule has 0 radical (unpaired) electrons. The SMILES string of the molecule is Cl.N[C@H](CCc1cc(NS(=O)(=O)C2CC2)ccn1)N1CCCCC1. The summed E-state index contributed by atoms with van der Waals surface area (Å²) >= 11 is 0. The summed E-state index contributed by atoms with van der Waals surface area (Å²) in [7, 11) is -3.22. The fourth-order valence-electron chi connectivity index (χ4n) is 3.03. The molecular formula is C16H27ClN4O2S. The van der Waals surface area contributed by atoms with Crippen molar-refractivity contribution in [1.29, 1.82) is 0 Å². The van der Waals surface area contributed by atoms with E-state index in [0.717, 1.165) is 44.5 Å². The molecule has 1 aromatic heterocycles. The summed E-state index contributed by atoms with van der Waals surface area (Å²) in [6, 6.07) is 3.52. The molecule has 3 N–H and O–H groups in total. The van der Waals surface area contributed by atoms with Gasteiger partial charge in [-0.05, 0) is 63.7 Å². The molecule has 3 rings (SSSR count). The van der Waals surface area contributed by atoms with E-state index in [4.69, 9.17) is 5.73 Å². The second-order valence-electron chi connectivity index (χ2n) is 6.58. The number of hydrogen-bond donors (Lipinski definition) is 2. The van der Waals surface area contributed by atoms with Crippen molar-refractivity contribution in [3.8, 4) is 0 Å². The fourth-order valence-corrected chi connectivity index (χ4v) is 4.41. The highest BCUT2D eigenvalue weighted by Gasteiger charge is 2.35. The van der Waals surface area contributed by atoms with E-state index < -0.39 is 10.0 Å². The minimum Gasteiger partial charge on any atom is -0.316 e. The topological polar surface area (TPSA) is 88.3 Å². The summed E-state index contributed by atoms with van der Waals surface area (Å²) in [4.78, 5) is 6.67. The molecule has 136 valence electrons. The van der Waals surface area contributed by atoms with Crippen LogP contribution in [0.3, 0.4) is 0 Å². The summed E-state index contributed by atoms with van der Waals surface area (Å²) in [5.41, 5.74) is 7.76. The largest absolute Gasteiger partial charge is 0.316 e. The number of halogens is 1. The zero-order valence-electron chi connectivity index (χ0n) is 13.9. The van der Waals surface area contributed by atoms with Gasteiger partial charge in [-0.25, -0.2) is 8.42 Å². The summed E-state index contributed by atoms with van der Waals surface area (Å²) < 4.78 is 26.6. The van der Waals surface area contributed by atoms with Crippen molar-refractivity contribution in [2.45, 2.75) is 56.4 Å². The van der Waals surface area contributed by atoms with Gasteiger partial charge in [-0.15, -0.1) is 12.4 Å². The van der Waals surface area contributed by atoms with E-state index in [9.17, 15) is 8.42 Å². The lowest BCUT2D eigenvalue weighted by Gasteiger charge is -2.32. The monoisotopic (exact) mass is 374 g/mol. The maximum Gasteiger partial charge on any atom is 0.235 e. The van der Waals surface area contributed by atoms with Gasteiger partial charge < -0.3 is 5.73 Å². The van der Waals surface area contributed by atoms with Gasteiger partial charge in [0.25, 0.3) is 0 Å². The Labute approximate surface area is 150 Å². The van der Waals surface area contributed by atoms with Gasteiger partial charge >= 0.3 is 0 Å². The number of nitrogens with two attached hydrogens (primary N) is 1. The van der Waals surface area contributed by atoms with Gasteiger partial charge in [0.1, 0.15) is 0 Å². The number of piperidine rings is 1. The molecule has 2 fully saturated rings. The van der Waals surface area contributed by atoms with E-state index in [1.165, 1.54) is 19.3 Å². The van der Waals surface area contributed by atoms with Crippen LogP contribution in [0.15, 0.2) is 18.3 Å². The van der Waals surface area contributed by atoms with Crippen LogP contribution in [0.4, 0.5) is 5.69 Å². The van der Waals surface area contributed by atoms with Crippen LogP contribution >= 0.6 is 12.4 Å². The van der Waals surface area contributed by atoms with Gasteiger partial charge in [-0.1, -0.05) is 6.42 Å². The predicted octanol–water partition coefficient (Wildman–Crippen LogP) is 2.11. The molecule has 6 nitrogen and oxygen atoms in total. The number of sulfonamides is 1. The van der Waals surface area contributed by atoms with Crippen molar-refractivity contribution < 1.29 is 8.42 Å². The molecule has 0 amide bonds. The second kappa shape index (κ2) is 8.47. The molecule has 1 saturated heterocycles. The summed E-state index contributed by atoms with van der Waals surface area (Å²) in [5, 5.41) is -0.216. The van der Waals surface area contributed by atoms with E-state index >= 15 is 0 Å². The van der Waals surface area contributed by atoms with Crippen molar-refractivity contribution in [1.82, 2.24) is 9.88 Å². The van der Waals surface area contributed by atoms with Crippen LogP contribution in [-0.2, 0) is 16.4 Å². The lowest BCUT2D eigenvalue weighted by atomic mass is 10.1. The Kier molecular flexibility index (Phi) is 6.86. The van der Waals surface area contributed by atoms with Crippen molar-refractivity contribution in [2.24, 2.45) is 5.73 Å². The molecular weight excluding hydrogens is 348 g/mol. The van der Waals surface area contributed by atoms with E-state index in [0.29, 0.717) is 5.69 Å². The van der Waals surface area contributed by atoms with Crippen molar-refractivity contribution in [3.05, 3.63) is 24.0 Å². The van der Waals surface area contributed by atoms with E-state index in [1.54, 1.807) is 12.3 Å². The van der Waals surface area contributed by atoms with E-state index in [-0.39, 0.29) is 23.8 Å². The number of pyridine rings is 1. The molecule has 8 heteroatoms. The third kappa shape index (κ3) is 5.31. The first-order chi connectivity index (χ1) is 11.0. The Balaban J connectivity index is 0.00000208. The third-order valence-electron chi connectivity index (χ3n) is 4.60. The molecule has 1 aliphatic heterocycles. The Morgan fingerprint density at radius 1 is 1.29 bits per heavy atom. The third-order valence-corrected chi connectivity index (χ3v) is 6.47. The maximum atomic E-state index is 12.0. The van der Waals surface area contributed by atoms with Gasteiger partial charge in [0.05, 0.1) is 17.1 Å². The number of hydrogen-bond acceptors (Lipinski definition) is 5. The average Bonchev–Trinajstić information content (AvgIpc) is 3.39. The Bertz CT molecular complexity index is 631. The van der Waals surface area contributed by atoms with Crippen LogP contribution in [0.25, 0.3) is 0 Å². The molecule has 1 aliphatic carbocycles. The molecule has 1 aromatic rings. The van der Waals surface area contributed by atoms with Crippen LogP contribution in [0, 0.1) is 0 Å². The summed E-state index contributed by atoms with van der Waals surface area (Å²) in [6.07, 6.45) is 8.59. The summed E-state index contributed by atoms with van der Waals surface area (Å²) in [6.45, 7) is 2.16. The van der Waals surface area contributed by atoms with Crippen LogP contribution in [-0.4, -0.2) is 42.8 Å². The van der Waals surface area contributed by atoms with Crippen molar-refractivity contribution in [2.75, 3.05) is 17.8 Å². The number of aromatic nitrogens is 1. The summed E-state index contributed by atoms with van der Waals surface area (Å²) in [5.74, 6) is 0. The highest BCUT2D eigenvalue weighted by Crippen LogP contribution is 2.29. The lowest BCUT2D eigenvalue weighted by Crippen LogP contribution is -2.45. The number of likely N-dealkylation sites (tertiary alicyclic amines) is 1. The molecule has 0 spiro atoms. The Morgan fingerprint density at radius 3 is 2.67 bits per heavy atom. The smallest absolute Gasteiger partial charge is 0.235 e. The van der Waals surface area contributed by atoms with Gasteiger partial charge in [-0.3, -0.25) is 14.6 Å².